The van der Waals surface area contributed by atoms with Gasteiger partial charge >= 0.3 is 6.09 Å². The number of phenolic OH excluding ortho intramolecular Hbond substituents is 1. The van der Waals surface area contributed by atoms with Gasteiger partial charge in [-0.2, -0.15) is 0 Å². The van der Waals surface area contributed by atoms with Gasteiger partial charge in [-0.25, -0.2) is 4.79 Å². The summed E-state index contributed by atoms with van der Waals surface area (Å²) in [5.74, 6) is 0.167. The molecule has 5 heteroatoms. The summed E-state index contributed by atoms with van der Waals surface area (Å²) in [4.78, 5) is 11.5. The lowest BCUT2D eigenvalue weighted by atomic mass is 10.2. The van der Waals surface area contributed by atoms with Gasteiger partial charge in [0.1, 0.15) is 12.4 Å². The van der Waals surface area contributed by atoms with E-state index in [1.165, 1.54) is 0 Å². The van der Waals surface area contributed by atoms with Crippen molar-refractivity contribution in [1.29, 1.82) is 0 Å². The van der Waals surface area contributed by atoms with Crippen LogP contribution >= 0.6 is 11.6 Å². The summed E-state index contributed by atoms with van der Waals surface area (Å²) in [6, 6.07) is 14.3. The molecule has 0 bridgehead atoms. The lowest BCUT2D eigenvalue weighted by Crippen LogP contribution is -2.24. The molecule has 0 aromatic heterocycles. The van der Waals surface area contributed by atoms with Crippen LogP contribution in [0.1, 0.15) is 17.5 Å². The first-order chi connectivity index (χ1) is 11.1. The van der Waals surface area contributed by atoms with Gasteiger partial charge in [-0.1, -0.05) is 54.1 Å². The fourth-order valence-electron chi connectivity index (χ4n) is 1.90. The Morgan fingerprint density at radius 2 is 2.00 bits per heavy atom. The van der Waals surface area contributed by atoms with Crippen LogP contribution in [0.4, 0.5) is 4.79 Å². The second kappa shape index (κ2) is 8.86. The van der Waals surface area contributed by atoms with Crippen LogP contribution in [-0.2, 0) is 11.3 Å². The minimum absolute atomic E-state index is 0.167. The van der Waals surface area contributed by atoms with Gasteiger partial charge in [0.2, 0.25) is 0 Å². The van der Waals surface area contributed by atoms with Crippen molar-refractivity contribution in [3.8, 4) is 5.75 Å². The largest absolute Gasteiger partial charge is 0.507 e. The van der Waals surface area contributed by atoms with E-state index < -0.39 is 6.09 Å². The SMILES string of the molecule is O=C(NCCC=Cc1cc(Cl)ccc1O)OCc1ccccc1. The van der Waals surface area contributed by atoms with Crippen molar-refractivity contribution in [3.63, 3.8) is 0 Å². The molecular formula is C18H18ClNO3. The summed E-state index contributed by atoms with van der Waals surface area (Å²) in [5, 5.41) is 12.9. The Morgan fingerprint density at radius 1 is 1.22 bits per heavy atom. The topological polar surface area (TPSA) is 58.6 Å². The molecule has 1 amide bonds. The van der Waals surface area contributed by atoms with Crippen LogP contribution in [0.2, 0.25) is 5.02 Å². The molecule has 0 spiro atoms. The highest BCUT2D eigenvalue weighted by Crippen LogP contribution is 2.22. The standard InChI is InChI=1S/C18H18ClNO3/c19-16-9-10-17(21)15(12-16)8-4-5-11-20-18(22)23-13-14-6-2-1-3-7-14/h1-4,6-10,12,21H,5,11,13H2,(H,20,22). The Kier molecular flexibility index (Phi) is 6.51. The van der Waals surface area contributed by atoms with Crippen LogP contribution in [0.25, 0.3) is 6.08 Å². The number of nitrogens with one attached hydrogen (secondary N) is 1. The zero-order chi connectivity index (χ0) is 16.5. The molecule has 2 rings (SSSR count). The number of hydrogen-bond donors (Lipinski definition) is 2. The highest BCUT2D eigenvalue weighted by Gasteiger charge is 2.01. The molecule has 0 atom stereocenters. The van der Waals surface area contributed by atoms with Gasteiger partial charge in [0.05, 0.1) is 0 Å². The molecule has 0 saturated heterocycles. The van der Waals surface area contributed by atoms with Gasteiger partial charge in [0, 0.05) is 17.1 Å². The van der Waals surface area contributed by atoms with E-state index in [2.05, 4.69) is 5.32 Å². The number of aromatic hydroxyl groups is 1. The van der Waals surface area contributed by atoms with Crippen LogP contribution in [0, 0.1) is 0 Å². The van der Waals surface area contributed by atoms with Crippen molar-refractivity contribution >= 4 is 23.8 Å². The second-order valence-electron chi connectivity index (χ2n) is 4.88. The highest BCUT2D eigenvalue weighted by atomic mass is 35.5. The Morgan fingerprint density at radius 3 is 2.78 bits per heavy atom. The molecule has 0 saturated carbocycles. The molecule has 0 aliphatic heterocycles. The number of carbonyl (C=O) groups is 1. The van der Waals surface area contributed by atoms with E-state index in [9.17, 15) is 9.90 Å². The first-order valence-electron chi connectivity index (χ1n) is 7.25. The maximum absolute atomic E-state index is 11.5. The fourth-order valence-corrected chi connectivity index (χ4v) is 2.08. The van der Waals surface area contributed by atoms with Crippen molar-refractivity contribution in [3.05, 3.63) is 70.8 Å². The van der Waals surface area contributed by atoms with Crippen LogP contribution in [0.3, 0.4) is 0 Å². The number of carbonyl (C=O) groups excluding carboxylic acids is 1. The monoisotopic (exact) mass is 331 g/mol. The van der Waals surface area contributed by atoms with Gasteiger partial charge in [0.15, 0.2) is 0 Å². The quantitative estimate of drug-likeness (QED) is 0.772. The summed E-state index contributed by atoms with van der Waals surface area (Å²) in [6.45, 7) is 0.699. The molecule has 2 aromatic carbocycles. The molecule has 0 heterocycles. The average molecular weight is 332 g/mol. The Balaban J connectivity index is 1.67. The highest BCUT2D eigenvalue weighted by molar-refractivity contribution is 6.30. The van der Waals surface area contributed by atoms with Gasteiger partial charge in [-0.3, -0.25) is 0 Å². The summed E-state index contributed by atoms with van der Waals surface area (Å²) in [7, 11) is 0. The molecule has 0 unspecified atom stereocenters. The van der Waals surface area contributed by atoms with Crippen molar-refractivity contribution < 1.29 is 14.6 Å². The van der Waals surface area contributed by atoms with Crippen LogP contribution < -0.4 is 5.32 Å². The minimum Gasteiger partial charge on any atom is -0.507 e. The van der Waals surface area contributed by atoms with Gasteiger partial charge < -0.3 is 15.2 Å². The smallest absolute Gasteiger partial charge is 0.407 e. The summed E-state index contributed by atoms with van der Waals surface area (Å²) < 4.78 is 5.10. The maximum atomic E-state index is 11.5. The van der Waals surface area contributed by atoms with E-state index in [0.29, 0.717) is 23.6 Å². The van der Waals surface area contributed by atoms with E-state index in [1.54, 1.807) is 24.3 Å². The van der Waals surface area contributed by atoms with E-state index in [4.69, 9.17) is 16.3 Å². The average Bonchev–Trinajstić information content (AvgIpc) is 2.56. The number of amides is 1. The molecule has 0 aliphatic rings. The normalized spacial score (nSPS) is 10.7. The van der Waals surface area contributed by atoms with Crippen LogP contribution in [0.15, 0.2) is 54.6 Å². The van der Waals surface area contributed by atoms with Crippen molar-refractivity contribution in [2.75, 3.05) is 6.54 Å². The van der Waals surface area contributed by atoms with Gasteiger partial charge in [-0.05, 0) is 30.2 Å². The molecule has 2 N–H and O–H groups in total. The summed E-state index contributed by atoms with van der Waals surface area (Å²) in [5.41, 5.74) is 1.59. The lowest BCUT2D eigenvalue weighted by Gasteiger charge is -2.06. The zero-order valence-electron chi connectivity index (χ0n) is 12.5. The zero-order valence-corrected chi connectivity index (χ0v) is 13.3. The second-order valence-corrected chi connectivity index (χ2v) is 5.32. The first-order valence-corrected chi connectivity index (χ1v) is 7.62. The lowest BCUT2D eigenvalue weighted by molar-refractivity contribution is 0.140. The van der Waals surface area contributed by atoms with Gasteiger partial charge in [-0.15, -0.1) is 0 Å². The number of alkyl carbamates (subject to hydrolysis) is 1. The van der Waals surface area contributed by atoms with E-state index >= 15 is 0 Å². The number of phenols is 1. The molecule has 0 radical (unpaired) electrons. The van der Waals surface area contributed by atoms with Crippen LogP contribution in [-0.4, -0.2) is 17.7 Å². The van der Waals surface area contributed by atoms with Crippen LogP contribution in [0.5, 0.6) is 5.75 Å². The van der Waals surface area contributed by atoms with E-state index in [1.807, 2.05) is 36.4 Å². The molecular weight excluding hydrogens is 314 g/mol. The van der Waals surface area contributed by atoms with E-state index in [0.717, 1.165) is 5.56 Å². The predicted molar refractivity (Wildman–Crippen MR) is 91.4 cm³/mol. The number of ether oxygens (including phenoxy) is 1. The fraction of sp³-hybridized carbons (Fsp3) is 0.167. The Hall–Kier alpha value is -2.46. The molecule has 2 aromatic rings. The van der Waals surface area contributed by atoms with Crippen molar-refractivity contribution in [2.45, 2.75) is 13.0 Å². The Bertz CT molecular complexity index is 671. The summed E-state index contributed by atoms with van der Waals surface area (Å²) >= 11 is 5.87. The first kappa shape index (κ1) is 16.9. The molecule has 4 nitrogen and oxygen atoms in total. The van der Waals surface area contributed by atoms with Crippen molar-refractivity contribution in [2.24, 2.45) is 0 Å². The minimum atomic E-state index is -0.451. The number of hydrogen-bond acceptors (Lipinski definition) is 3. The van der Waals surface area contributed by atoms with Crippen molar-refractivity contribution in [1.82, 2.24) is 5.32 Å². The molecule has 0 aliphatic carbocycles. The molecule has 120 valence electrons. The maximum Gasteiger partial charge on any atom is 0.407 e. The third-order valence-electron chi connectivity index (χ3n) is 3.08. The predicted octanol–water partition coefficient (Wildman–Crippen LogP) is 4.38. The van der Waals surface area contributed by atoms with Gasteiger partial charge in [0.25, 0.3) is 0 Å². The third kappa shape index (κ3) is 6.04. The van der Waals surface area contributed by atoms with E-state index in [-0.39, 0.29) is 12.4 Å². The molecule has 0 fully saturated rings. The number of benzene rings is 2. The molecule has 23 heavy (non-hydrogen) atoms. The number of rotatable bonds is 6. The number of halogens is 1. The summed E-state index contributed by atoms with van der Waals surface area (Å²) in [6.07, 6.45) is 3.78. The third-order valence-corrected chi connectivity index (χ3v) is 3.32. The Labute approximate surface area is 140 Å².